The molecule has 0 bridgehead atoms. The molecule has 1 atom stereocenters. The van der Waals surface area contributed by atoms with Gasteiger partial charge in [0, 0.05) is 50.0 Å². The standard InChI is InChI=1S/C19H27ClN4O4S/c1-29(27,28)24-8-2-3-15(14-24)19(26)21-13-18(25)23-11-9-22(10-12-23)17-6-4-16(20)5-7-17/h4-7,15H,2-3,8-14H2,1H3,(H,21,26). The lowest BCUT2D eigenvalue weighted by Gasteiger charge is -2.36. The minimum absolute atomic E-state index is 0.0604. The quantitative estimate of drug-likeness (QED) is 0.727. The van der Waals surface area contributed by atoms with Crippen molar-refractivity contribution in [1.82, 2.24) is 14.5 Å². The number of carbonyl (C=O) groups is 2. The minimum atomic E-state index is -3.31. The zero-order valence-electron chi connectivity index (χ0n) is 16.5. The van der Waals surface area contributed by atoms with Crippen molar-refractivity contribution in [3.63, 3.8) is 0 Å². The Morgan fingerprint density at radius 3 is 2.38 bits per heavy atom. The van der Waals surface area contributed by atoms with E-state index >= 15 is 0 Å². The maximum Gasteiger partial charge on any atom is 0.242 e. The highest BCUT2D eigenvalue weighted by Gasteiger charge is 2.30. The molecule has 2 aliphatic heterocycles. The molecule has 2 heterocycles. The van der Waals surface area contributed by atoms with Gasteiger partial charge in [-0.15, -0.1) is 0 Å². The molecule has 3 rings (SSSR count). The fourth-order valence-corrected chi connectivity index (χ4v) is 4.78. The van der Waals surface area contributed by atoms with Gasteiger partial charge in [0.1, 0.15) is 0 Å². The molecular weight excluding hydrogens is 416 g/mol. The van der Waals surface area contributed by atoms with E-state index in [0.29, 0.717) is 50.6 Å². The molecule has 2 fully saturated rings. The van der Waals surface area contributed by atoms with Crippen LogP contribution in [0.25, 0.3) is 0 Å². The average molecular weight is 443 g/mol. The van der Waals surface area contributed by atoms with Crippen molar-refractivity contribution in [2.45, 2.75) is 12.8 Å². The third-order valence-electron chi connectivity index (χ3n) is 5.46. The number of hydrogen-bond acceptors (Lipinski definition) is 5. The van der Waals surface area contributed by atoms with Gasteiger partial charge in [-0.25, -0.2) is 12.7 Å². The van der Waals surface area contributed by atoms with Crippen LogP contribution >= 0.6 is 11.6 Å². The van der Waals surface area contributed by atoms with Gasteiger partial charge in [0.15, 0.2) is 0 Å². The molecule has 2 amide bonds. The van der Waals surface area contributed by atoms with Gasteiger partial charge in [-0.05, 0) is 37.1 Å². The van der Waals surface area contributed by atoms with E-state index in [4.69, 9.17) is 11.6 Å². The largest absolute Gasteiger partial charge is 0.368 e. The second-order valence-corrected chi connectivity index (χ2v) is 9.94. The second kappa shape index (κ2) is 9.32. The van der Waals surface area contributed by atoms with Crippen molar-refractivity contribution in [3.05, 3.63) is 29.3 Å². The van der Waals surface area contributed by atoms with Gasteiger partial charge < -0.3 is 15.1 Å². The number of piperazine rings is 1. The molecule has 1 aromatic rings. The number of halogens is 1. The van der Waals surface area contributed by atoms with Crippen LogP contribution in [0, 0.1) is 5.92 Å². The lowest BCUT2D eigenvalue weighted by Crippen LogP contribution is -2.52. The predicted octanol–water partition coefficient (Wildman–Crippen LogP) is 0.776. The Kier molecular flexibility index (Phi) is 7.02. The van der Waals surface area contributed by atoms with E-state index in [1.807, 2.05) is 24.3 Å². The summed E-state index contributed by atoms with van der Waals surface area (Å²) in [5.41, 5.74) is 1.07. The third kappa shape index (κ3) is 5.83. The highest BCUT2D eigenvalue weighted by atomic mass is 35.5. The molecule has 1 aromatic carbocycles. The first-order chi connectivity index (χ1) is 13.7. The number of rotatable bonds is 5. The fourth-order valence-electron chi connectivity index (χ4n) is 3.74. The van der Waals surface area contributed by atoms with Crippen LogP contribution in [-0.2, 0) is 19.6 Å². The smallest absolute Gasteiger partial charge is 0.242 e. The molecule has 0 aromatic heterocycles. The van der Waals surface area contributed by atoms with Gasteiger partial charge >= 0.3 is 0 Å². The van der Waals surface area contributed by atoms with Crippen molar-refractivity contribution >= 4 is 39.1 Å². The lowest BCUT2D eigenvalue weighted by atomic mass is 9.99. The first kappa shape index (κ1) is 21.9. The number of piperidine rings is 1. The zero-order valence-corrected chi connectivity index (χ0v) is 18.1. The molecule has 29 heavy (non-hydrogen) atoms. The van der Waals surface area contributed by atoms with Gasteiger partial charge in [0.2, 0.25) is 21.8 Å². The lowest BCUT2D eigenvalue weighted by molar-refractivity contribution is -0.134. The molecule has 0 saturated carbocycles. The van der Waals surface area contributed by atoms with Crippen LogP contribution < -0.4 is 10.2 Å². The molecule has 160 valence electrons. The number of benzene rings is 1. The van der Waals surface area contributed by atoms with Gasteiger partial charge in [-0.2, -0.15) is 0 Å². The van der Waals surface area contributed by atoms with Crippen LogP contribution in [0.1, 0.15) is 12.8 Å². The maximum atomic E-state index is 12.5. The van der Waals surface area contributed by atoms with E-state index in [1.54, 1.807) is 4.90 Å². The van der Waals surface area contributed by atoms with E-state index in [0.717, 1.165) is 11.9 Å². The van der Waals surface area contributed by atoms with E-state index in [2.05, 4.69) is 10.2 Å². The van der Waals surface area contributed by atoms with Crippen molar-refractivity contribution in [1.29, 1.82) is 0 Å². The summed E-state index contributed by atoms with van der Waals surface area (Å²) >= 11 is 5.92. The van der Waals surface area contributed by atoms with E-state index in [9.17, 15) is 18.0 Å². The summed E-state index contributed by atoms with van der Waals surface area (Å²) in [6.07, 6.45) is 2.43. The van der Waals surface area contributed by atoms with Gasteiger partial charge in [-0.3, -0.25) is 9.59 Å². The Balaban J connectivity index is 1.44. The van der Waals surface area contributed by atoms with E-state index in [-0.39, 0.29) is 24.9 Å². The molecule has 8 nitrogen and oxygen atoms in total. The summed E-state index contributed by atoms with van der Waals surface area (Å²) in [7, 11) is -3.31. The predicted molar refractivity (Wildman–Crippen MR) is 112 cm³/mol. The summed E-state index contributed by atoms with van der Waals surface area (Å²) < 4.78 is 24.7. The number of nitrogens with one attached hydrogen (secondary N) is 1. The first-order valence-corrected chi connectivity index (χ1v) is 12.0. The number of nitrogens with zero attached hydrogens (tertiary/aromatic N) is 3. The van der Waals surface area contributed by atoms with Crippen molar-refractivity contribution in [3.8, 4) is 0 Å². The molecule has 1 unspecified atom stereocenters. The molecule has 0 aliphatic carbocycles. The van der Waals surface area contributed by atoms with Crippen molar-refractivity contribution < 1.29 is 18.0 Å². The van der Waals surface area contributed by atoms with Crippen LogP contribution in [0.3, 0.4) is 0 Å². The van der Waals surface area contributed by atoms with Crippen molar-refractivity contribution in [2.24, 2.45) is 5.92 Å². The molecule has 2 saturated heterocycles. The topological polar surface area (TPSA) is 90.0 Å². The summed E-state index contributed by atoms with van der Waals surface area (Å²) in [5.74, 6) is -0.788. The Hall–Kier alpha value is -1.84. The fraction of sp³-hybridized carbons (Fsp3) is 0.579. The Labute approximate surface area is 176 Å². The van der Waals surface area contributed by atoms with Crippen LogP contribution in [0.2, 0.25) is 5.02 Å². The SMILES string of the molecule is CS(=O)(=O)N1CCCC(C(=O)NCC(=O)N2CCN(c3ccc(Cl)cc3)CC2)C1. The number of hydrogen-bond donors (Lipinski definition) is 1. The first-order valence-electron chi connectivity index (χ1n) is 9.75. The van der Waals surface area contributed by atoms with Crippen LogP contribution in [0.15, 0.2) is 24.3 Å². The number of carbonyl (C=O) groups excluding carboxylic acids is 2. The average Bonchev–Trinajstić information content (AvgIpc) is 2.72. The van der Waals surface area contributed by atoms with Gasteiger partial charge in [0.05, 0.1) is 18.7 Å². The second-order valence-electron chi connectivity index (χ2n) is 7.52. The van der Waals surface area contributed by atoms with E-state index in [1.165, 1.54) is 4.31 Å². The van der Waals surface area contributed by atoms with Gasteiger partial charge in [0.25, 0.3) is 0 Å². The summed E-state index contributed by atoms with van der Waals surface area (Å²) in [6.45, 7) is 3.17. The Morgan fingerprint density at radius 1 is 1.10 bits per heavy atom. The monoisotopic (exact) mass is 442 g/mol. The number of anilines is 1. The van der Waals surface area contributed by atoms with E-state index < -0.39 is 15.9 Å². The summed E-state index contributed by atoms with van der Waals surface area (Å²) in [4.78, 5) is 28.8. The molecule has 1 N–H and O–H groups in total. The number of amides is 2. The summed E-state index contributed by atoms with van der Waals surface area (Å²) in [5, 5.41) is 3.38. The molecule has 0 spiro atoms. The molecular formula is C19H27ClN4O4S. The molecule has 2 aliphatic rings. The van der Waals surface area contributed by atoms with Crippen LogP contribution in [0.5, 0.6) is 0 Å². The summed E-state index contributed by atoms with van der Waals surface area (Å²) in [6, 6.07) is 7.62. The van der Waals surface area contributed by atoms with Gasteiger partial charge in [-0.1, -0.05) is 11.6 Å². The highest BCUT2D eigenvalue weighted by Crippen LogP contribution is 2.20. The third-order valence-corrected chi connectivity index (χ3v) is 6.98. The highest BCUT2D eigenvalue weighted by molar-refractivity contribution is 7.88. The maximum absolute atomic E-state index is 12.5. The van der Waals surface area contributed by atoms with Crippen LogP contribution in [0.4, 0.5) is 5.69 Å². The Morgan fingerprint density at radius 2 is 1.76 bits per heavy atom. The zero-order chi connectivity index (χ0) is 21.0. The molecule has 10 heteroatoms. The Bertz CT molecular complexity index is 838. The minimum Gasteiger partial charge on any atom is -0.368 e. The normalized spacial score (nSPS) is 21.1. The van der Waals surface area contributed by atoms with Crippen LogP contribution in [-0.4, -0.2) is 81.5 Å². The number of sulfonamides is 1. The molecule has 0 radical (unpaired) electrons. The van der Waals surface area contributed by atoms with Crippen molar-refractivity contribution in [2.75, 3.05) is 57.0 Å².